The van der Waals surface area contributed by atoms with Crippen molar-refractivity contribution in [2.75, 3.05) is 6.61 Å². The average Bonchev–Trinajstić information content (AvgIpc) is 2.35. The maximum atomic E-state index is 5.44. The summed E-state index contributed by atoms with van der Waals surface area (Å²) in [6, 6.07) is 0. The van der Waals surface area contributed by atoms with Crippen molar-refractivity contribution in [2.24, 2.45) is 5.16 Å². The quantitative estimate of drug-likeness (QED) is 0.502. The molecule has 0 bridgehead atoms. The monoisotopic (exact) mass is 141 g/mol. The maximum absolute atomic E-state index is 5.44. The number of hydrogen-bond donors (Lipinski definition) is 0. The van der Waals surface area contributed by atoms with Gasteiger partial charge in [0.25, 0.3) is 0 Å². The van der Waals surface area contributed by atoms with Crippen molar-refractivity contribution in [3.05, 3.63) is 0 Å². The number of oxime groups is 1. The third-order valence-corrected chi connectivity index (χ3v) is 2.22. The third kappa shape index (κ3) is 0.611. The minimum absolute atomic E-state index is 0.118. The Balaban J connectivity index is 2.27. The largest absolute Gasteiger partial charge is 0.386 e. The first-order valence-electron chi connectivity index (χ1n) is 3.57. The highest BCUT2D eigenvalue weighted by atomic mass is 16.7. The fraction of sp³-hybridized carbons (Fsp3) is 0.857. The van der Waals surface area contributed by atoms with E-state index in [0.717, 1.165) is 18.7 Å². The molecule has 2 atom stereocenters. The molecular formula is C7H11NO2. The molecule has 0 N–H and O–H groups in total. The zero-order chi connectivity index (χ0) is 7.19. The summed E-state index contributed by atoms with van der Waals surface area (Å²) in [6.07, 6.45) is 1.07. The summed E-state index contributed by atoms with van der Waals surface area (Å²) in [6.45, 7) is 4.79. The van der Waals surface area contributed by atoms with Gasteiger partial charge in [-0.1, -0.05) is 5.16 Å². The van der Waals surface area contributed by atoms with E-state index in [1.807, 2.05) is 13.8 Å². The van der Waals surface area contributed by atoms with E-state index in [9.17, 15) is 0 Å². The fourth-order valence-corrected chi connectivity index (χ4v) is 1.57. The molecule has 3 heteroatoms. The number of nitrogens with zero attached hydrogens (tertiary/aromatic N) is 1. The van der Waals surface area contributed by atoms with Crippen molar-refractivity contribution in [3.8, 4) is 0 Å². The molecule has 0 aromatic carbocycles. The fourth-order valence-electron chi connectivity index (χ4n) is 1.57. The molecule has 10 heavy (non-hydrogen) atoms. The van der Waals surface area contributed by atoms with Crippen LogP contribution in [-0.2, 0) is 9.57 Å². The lowest BCUT2D eigenvalue weighted by atomic mass is 9.96. The van der Waals surface area contributed by atoms with Crippen molar-refractivity contribution in [2.45, 2.75) is 32.0 Å². The van der Waals surface area contributed by atoms with E-state index < -0.39 is 0 Å². The molecule has 2 aliphatic heterocycles. The zero-order valence-corrected chi connectivity index (χ0v) is 6.26. The van der Waals surface area contributed by atoms with Crippen LogP contribution in [0.25, 0.3) is 0 Å². The van der Waals surface area contributed by atoms with Gasteiger partial charge in [-0.2, -0.15) is 0 Å². The van der Waals surface area contributed by atoms with Crippen LogP contribution in [0.1, 0.15) is 20.3 Å². The second-order valence-corrected chi connectivity index (χ2v) is 3.14. The van der Waals surface area contributed by atoms with Gasteiger partial charge in [0.2, 0.25) is 0 Å². The van der Waals surface area contributed by atoms with E-state index >= 15 is 0 Å². The first-order chi connectivity index (χ1) is 4.72. The van der Waals surface area contributed by atoms with Gasteiger partial charge in [0.1, 0.15) is 6.10 Å². The van der Waals surface area contributed by atoms with Gasteiger partial charge in [-0.25, -0.2) is 0 Å². The molecule has 2 heterocycles. The van der Waals surface area contributed by atoms with Crippen LogP contribution in [0.3, 0.4) is 0 Å². The van der Waals surface area contributed by atoms with Gasteiger partial charge in [-0.15, -0.1) is 0 Å². The maximum Gasteiger partial charge on any atom is 0.168 e. The number of fused-ring (bicyclic) bond motifs is 1. The van der Waals surface area contributed by atoms with Crippen LogP contribution in [0.15, 0.2) is 5.16 Å². The van der Waals surface area contributed by atoms with Gasteiger partial charge >= 0.3 is 0 Å². The Labute approximate surface area is 60.0 Å². The van der Waals surface area contributed by atoms with Crippen molar-refractivity contribution >= 4 is 5.71 Å². The van der Waals surface area contributed by atoms with E-state index in [0.29, 0.717) is 0 Å². The van der Waals surface area contributed by atoms with Gasteiger partial charge in [0.15, 0.2) is 5.60 Å². The number of rotatable bonds is 0. The van der Waals surface area contributed by atoms with E-state index in [1.165, 1.54) is 0 Å². The van der Waals surface area contributed by atoms with Crippen molar-refractivity contribution in [3.63, 3.8) is 0 Å². The van der Waals surface area contributed by atoms with Crippen molar-refractivity contribution in [1.82, 2.24) is 0 Å². The first-order valence-corrected chi connectivity index (χ1v) is 3.57. The highest BCUT2D eigenvalue weighted by Gasteiger charge is 2.48. The second-order valence-electron chi connectivity index (χ2n) is 3.14. The van der Waals surface area contributed by atoms with Gasteiger partial charge in [0, 0.05) is 6.42 Å². The summed E-state index contributed by atoms with van der Waals surface area (Å²) in [5.74, 6) is 0. The zero-order valence-electron chi connectivity index (χ0n) is 6.26. The highest BCUT2D eigenvalue weighted by Crippen LogP contribution is 2.34. The molecule has 0 saturated carbocycles. The first kappa shape index (κ1) is 6.16. The molecule has 0 radical (unpaired) electrons. The third-order valence-electron chi connectivity index (χ3n) is 2.22. The summed E-state index contributed by atoms with van der Waals surface area (Å²) in [4.78, 5) is 5.24. The molecular weight excluding hydrogens is 130 g/mol. The van der Waals surface area contributed by atoms with Crippen LogP contribution in [0, 0.1) is 0 Å². The Morgan fingerprint density at radius 2 is 2.50 bits per heavy atom. The van der Waals surface area contributed by atoms with Crippen molar-refractivity contribution < 1.29 is 9.57 Å². The predicted octanol–water partition coefficient (Wildman–Crippen LogP) is 0.940. The Bertz CT molecular complexity index is 190. The van der Waals surface area contributed by atoms with E-state index in [-0.39, 0.29) is 11.7 Å². The van der Waals surface area contributed by atoms with Gasteiger partial charge in [-0.05, 0) is 13.8 Å². The molecule has 0 spiro atoms. The van der Waals surface area contributed by atoms with E-state index in [4.69, 9.17) is 9.57 Å². The molecule has 56 valence electrons. The van der Waals surface area contributed by atoms with E-state index in [1.54, 1.807) is 0 Å². The lowest BCUT2D eigenvalue weighted by Crippen LogP contribution is -2.35. The molecule has 0 amide bonds. The van der Waals surface area contributed by atoms with Crippen LogP contribution in [0.5, 0.6) is 0 Å². The Kier molecular flexibility index (Phi) is 1.06. The lowest BCUT2D eigenvalue weighted by Gasteiger charge is -2.18. The molecule has 2 unspecified atom stereocenters. The van der Waals surface area contributed by atoms with Crippen molar-refractivity contribution in [1.29, 1.82) is 0 Å². The smallest absolute Gasteiger partial charge is 0.168 e. The van der Waals surface area contributed by atoms with Crippen LogP contribution >= 0.6 is 0 Å². The molecule has 1 saturated heterocycles. The Morgan fingerprint density at radius 1 is 1.70 bits per heavy atom. The minimum Gasteiger partial charge on any atom is -0.386 e. The molecule has 0 aliphatic carbocycles. The Morgan fingerprint density at radius 3 is 3.20 bits per heavy atom. The Hall–Kier alpha value is -0.570. The summed E-state index contributed by atoms with van der Waals surface area (Å²) < 4.78 is 5.44. The topological polar surface area (TPSA) is 30.8 Å². The molecule has 2 rings (SSSR count). The minimum atomic E-state index is -0.149. The second kappa shape index (κ2) is 1.72. The highest BCUT2D eigenvalue weighted by molar-refractivity contribution is 5.88. The molecule has 0 aromatic heterocycles. The van der Waals surface area contributed by atoms with E-state index in [2.05, 4.69) is 5.16 Å². The number of ether oxygens (including phenoxy) is 1. The van der Waals surface area contributed by atoms with Crippen LogP contribution in [0.2, 0.25) is 0 Å². The standard InChI is InChI=1S/C7H11NO2/c1-5-6-7(2,10-8-5)3-4-9-6/h6H,3-4H2,1-2H3. The average molecular weight is 141 g/mol. The van der Waals surface area contributed by atoms with Crippen LogP contribution < -0.4 is 0 Å². The van der Waals surface area contributed by atoms with Gasteiger partial charge in [0.05, 0.1) is 12.3 Å². The summed E-state index contributed by atoms with van der Waals surface area (Å²) in [5, 5.41) is 3.88. The summed E-state index contributed by atoms with van der Waals surface area (Å²) >= 11 is 0. The van der Waals surface area contributed by atoms with Gasteiger partial charge in [-0.3, -0.25) is 0 Å². The van der Waals surface area contributed by atoms with Crippen LogP contribution in [0.4, 0.5) is 0 Å². The molecule has 1 fully saturated rings. The summed E-state index contributed by atoms with van der Waals surface area (Å²) in [7, 11) is 0. The predicted molar refractivity (Wildman–Crippen MR) is 37.0 cm³/mol. The molecule has 0 aromatic rings. The normalized spacial score (nSPS) is 44.6. The molecule has 3 nitrogen and oxygen atoms in total. The van der Waals surface area contributed by atoms with Gasteiger partial charge < -0.3 is 9.57 Å². The summed E-state index contributed by atoms with van der Waals surface area (Å²) in [5.41, 5.74) is 0.823. The SMILES string of the molecule is CC1=NOC2(C)CCOC12. The lowest BCUT2D eigenvalue weighted by molar-refractivity contribution is -0.0273. The number of hydrogen-bond acceptors (Lipinski definition) is 3. The molecule has 2 aliphatic rings. The van der Waals surface area contributed by atoms with Crippen LogP contribution in [-0.4, -0.2) is 24.0 Å².